The molecule has 1 aromatic carbocycles. The Balaban J connectivity index is 2.85. The van der Waals surface area contributed by atoms with Crippen LogP contribution in [0.2, 0.25) is 0 Å². The molecular formula is C15H23NO3. The van der Waals surface area contributed by atoms with Gasteiger partial charge in [0.1, 0.15) is 5.75 Å². The highest BCUT2D eigenvalue weighted by molar-refractivity contribution is 5.70. The van der Waals surface area contributed by atoms with E-state index in [0.717, 1.165) is 17.9 Å². The van der Waals surface area contributed by atoms with Crippen molar-refractivity contribution in [2.45, 2.75) is 39.3 Å². The Morgan fingerprint density at radius 1 is 1.37 bits per heavy atom. The molecule has 1 N–H and O–H groups in total. The minimum absolute atomic E-state index is 0.0480. The number of rotatable bonds is 7. The zero-order valence-corrected chi connectivity index (χ0v) is 12.1. The van der Waals surface area contributed by atoms with E-state index in [0.29, 0.717) is 6.42 Å². The average molecular weight is 265 g/mol. The molecule has 0 spiro atoms. The third kappa shape index (κ3) is 5.30. The normalized spacial score (nSPS) is 12.3. The van der Waals surface area contributed by atoms with Gasteiger partial charge in [0.15, 0.2) is 0 Å². The molecule has 0 radical (unpaired) electrons. The summed E-state index contributed by atoms with van der Waals surface area (Å²) in [5.74, 6) is 0.599. The summed E-state index contributed by atoms with van der Waals surface area (Å²) in [6.07, 6.45) is 0.448. The molecule has 0 fully saturated rings. The van der Waals surface area contributed by atoms with E-state index in [1.165, 1.54) is 7.11 Å². The Labute approximate surface area is 115 Å². The van der Waals surface area contributed by atoms with Gasteiger partial charge >= 0.3 is 5.97 Å². The Bertz CT molecular complexity index is 404. The predicted octanol–water partition coefficient (Wildman–Crippen LogP) is 2.69. The van der Waals surface area contributed by atoms with E-state index in [4.69, 9.17) is 9.47 Å². The highest BCUT2D eigenvalue weighted by Gasteiger charge is 2.16. The third-order valence-corrected chi connectivity index (χ3v) is 2.68. The van der Waals surface area contributed by atoms with Crippen LogP contribution in [0.5, 0.6) is 5.75 Å². The van der Waals surface area contributed by atoms with Crippen LogP contribution in [-0.4, -0.2) is 25.7 Å². The number of esters is 1. The monoisotopic (exact) mass is 265 g/mol. The summed E-state index contributed by atoms with van der Waals surface area (Å²) in [6.45, 7) is 6.78. The fourth-order valence-electron chi connectivity index (χ4n) is 1.88. The SMILES string of the molecule is CCNC(CC(=O)OC)c1cccc(OC(C)C)c1. The molecule has 1 aromatic rings. The molecule has 4 heteroatoms. The molecule has 4 nitrogen and oxygen atoms in total. The second-order valence-electron chi connectivity index (χ2n) is 4.63. The zero-order valence-electron chi connectivity index (χ0n) is 12.1. The van der Waals surface area contributed by atoms with Gasteiger partial charge in [-0.15, -0.1) is 0 Å². The lowest BCUT2D eigenvalue weighted by Gasteiger charge is -2.18. The zero-order chi connectivity index (χ0) is 14.3. The number of hydrogen-bond donors (Lipinski definition) is 1. The summed E-state index contributed by atoms with van der Waals surface area (Å²) in [5.41, 5.74) is 1.03. The van der Waals surface area contributed by atoms with Crippen LogP contribution >= 0.6 is 0 Å². The van der Waals surface area contributed by atoms with E-state index in [-0.39, 0.29) is 18.1 Å². The standard InChI is InChI=1S/C15H23NO3/c1-5-16-14(10-15(17)18-4)12-7-6-8-13(9-12)19-11(2)3/h6-9,11,14,16H,5,10H2,1-4H3. The topological polar surface area (TPSA) is 47.6 Å². The largest absolute Gasteiger partial charge is 0.491 e. The van der Waals surface area contributed by atoms with Gasteiger partial charge in [-0.25, -0.2) is 0 Å². The van der Waals surface area contributed by atoms with E-state index in [2.05, 4.69) is 5.32 Å². The van der Waals surface area contributed by atoms with Gasteiger partial charge in [0, 0.05) is 6.04 Å². The molecular weight excluding hydrogens is 242 g/mol. The van der Waals surface area contributed by atoms with Crippen molar-refractivity contribution in [2.75, 3.05) is 13.7 Å². The second-order valence-corrected chi connectivity index (χ2v) is 4.63. The van der Waals surface area contributed by atoms with Crippen LogP contribution in [0.25, 0.3) is 0 Å². The quantitative estimate of drug-likeness (QED) is 0.770. The van der Waals surface area contributed by atoms with E-state index in [9.17, 15) is 4.79 Å². The first-order valence-corrected chi connectivity index (χ1v) is 6.63. The molecule has 1 rings (SSSR count). The second kappa shape index (κ2) is 7.79. The van der Waals surface area contributed by atoms with E-state index in [1.54, 1.807) is 0 Å². The van der Waals surface area contributed by atoms with Crippen molar-refractivity contribution in [3.63, 3.8) is 0 Å². The molecule has 0 aromatic heterocycles. The van der Waals surface area contributed by atoms with Gasteiger partial charge in [-0.05, 0) is 38.1 Å². The molecule has 0 bridgehead atoms. The van der Waals surface area contributed by atoms with Crippen LogP contribution < -0.4 is 10.1 Å². The number of carbonyl (C=O) groups excluding carboxylic acids is 1. The summed E-state index contributed by atoms with van der Waals surface area (Å²) < 4.78 is 10.4. The highest BCUT2D eigenvalue weighted by Crippen LogP contribution is 2.22. The fourth-order valence-corrected chi connectivity index (χ4v) is 1.88. The van der Waals surface area contributed by atoms with E-state index >= 15 is 0 Å². The fraction of sp³-hybridized carbons (Fsp3) is 0.533. The number of methoxy groups -OCH3 is 1. The summed E-state index contributed by atoms with van der Waals surface area (Å²) >= 11 is 0. The predicted molar refractivity (Wildman–Crippen MR) is 75.3 cm³/mol. The first-order valence-electron chi connectivity index (χ1n) is 6.63. The van der Waals surface area contributed by atoms with Crippen LogP contribution in [0, 0.1) is 0 Å². The van der Waals surface area contributed by atoms with Gasteiger partial charge in [-0.3, -0.25) is 4.79 Å². The molecule has 0 aliphatic heterocycles. The Morgan fingerprint density at radius 2 is 2.11 bits per heavy atom. The van der Waals surface area contributed by atoms with E-state index in [1.807, 2.05) is 45.0 Å². The van der Waals surface area contributed by atoms with Crippen LogP contribution in [-0.2, 0) is 9.53 Å². The summed E-state index contributed by atoms with van der Waals surface area (Å²) in [5, 5.41) is 3.29. The van der Waals surface area contributed by atoms with Crippen LogP contribution in [0.3, 0.4) is 0 Å². The maximum atomic E-state index is 11.4. The van der Waals surface area contributed by atoms with Gasteiger partial charge in [0.2, 0.25) is 0 Å². The molecule has 0 saturated heterocycles. The van der Waals surface area contributed by atoms with Crippen molar-refractivity contribution in [1.29, 1.82) is 0 Å². The average Bonchev–Trinajstić information content (AvgIpc) is 2.37. The van der Waals surface area contributed by atoms with E-state index < -0.39 is 0 Å². The lowest BCUT2D eigenvalue weighted by atomic mass is 10.0. The molecule has 0 saturated carbocycles. The molecule has 1 unspecified atom stereocenters. The minimum atomic E-state index is -0.221. The first kappa shape index (κ1) is 15.5. The minimum Gasteiger partial charge on any atom is -0.491 e. The van der Waals surface area contributed by atoms with Crippen molar-refractivity contribution in [3.8, 4) is 5.75 Å². The molecule has 1 atom stereocenters. The van der Waals surface area contributed by atoms with Crippen molar-refractivity contribution in [1.82, 2.24) is 5.32 Å². The number of ether oxygens (including phenoxy) is 2. The Hall–Kier alpha value is -1.55. The Kier molecular flexibility index (Phi) is 6.36. The number of hydrogen-bond acceptors (Lipinski definition) is 4. The summed E-state index contributed by atoms with van der Waals surface area (Å²) in [6, 6.07) is 7.77. The van der Waals surface area contributed by atoms with Crippen molar-refractivity contribution in [3.05, 3.63) is 29.8 Å². The maximum Gasteiger partial charge on any atom is 0.307 e. The van der Waals surface area contributed by atoms with Crippen LogP contribution in [0.4, 0.5) is 0 Å². The van der Waals surface area contributed by atoms with Gasteiger partial charge in [-0.2, -0.15) is 0 Å². The molecule has 106 valence electrons. The van der Waals surface area contributed by atoms with Crippen molar-refractivity contribution in [2.24, 2.45) is 0 Å². The molecule has 0 aliphatic rings. The smallest absolute Gasteiger partial charge is 0.307 e. The van der Waals surface area contributed by atoms with Gasteiger partial charge in [-0.1, -0.05) is 19.1 Å². The number of benzene rings is 1. The molecule has 0 heterocycles. The van der Waals surface area contributed by atoms with Crippen molar-refractivity contribution < 1.29 is 14.3 Å². The molecule has 19 heavy (non-hydrogen) atoms. The molecule has 0 amide bonds. The number of carbonyl (C=O) groups is 1. The highest BCUT2D eigenvalue weighted by atomic mass is 16.5. The van der Waals surface area contributed by atoms with Gasteiger partial charge in [0.05, 0.1) is 19.6 Å². The van der Waals surface area contributed by atoms with Crippen LogP contribution in [0.15, 0.2) is 24.3 Å². The van der Waals surface area contributed by atoms with Gasteiger partial charge < -0.3 is 14.8 Å². The number of nitrogens with one attached hydrogen (secondary N) is 1. The Morgan fingerprint density at radius 3 is 2.68 bits per heavy atom. The lowest BCUT2D eigenvalue weighted by molar-refractivity contribution is -0.141. The van der Waals surface area contributed by atoms with Crippen molar-refractivity contribution >= 4 is 5.97 Å². The first-order chi connectivity index (χ1) is 9.06. The third-order valence-electron chi connectivity index (χ3n) is 2.68. The lowest BCUT2D eigenvalue weighted by Crippen LogP contribution is -2.24. The maximum absolute atomic E-state index is 11.4. The summed E-state index contributed by atoms with van der Waals surface area (Å²) in [4.78, 5) is 11.4. The molecule has 0 aliphatic carbocycles. The summed E-state index contributed by atoms with van der Waals surface area (Å²) in [7, 11) is 1.41. The van der Waals surface area contributed by atoms with Gasteiger partial charge in [0.25, 0.3) is 0 Å². The van der Waals surface area contributed by atoms with Crippen LogP contribution in [0.1, 0.15) is 38.8 Å².